The molecule has 1 N–H and O–H groups in total. The summed E-state index contributed by atoms with van der Waals surface area (Å²) in [6.45, 7) is 1.98. The van der Waals surface area contributed by atoms with Crippen LogP contribution < -0.4 is 5.32 Å². The van der Waals surface area contributed by atoms with E-state index in [1.807, 2.05) is 13.0 Å². The van der Waals surface area contributed by atoms with Gasteiger partial charge in [-0.05, 0) is 18.6 Å². The summed E-state index contributed by atoms with van der Waals surface area (Å²) >= 11 is 1.47. The normalized spacial score (nSPS) is 13.6. The summed E-state index contributed by atoms with van der Waals surface area (Å²) in [7, 11) is 1.35. The van der Waals surface area contributed by atoms with Gasteiger partial charge >= 0.3 is 5.97 Å². The number of carbonyl (C=O) groups excluding carboxylic acids is 1. The highest BCUT2D eigenvalue weighted by Gasteiger charge is 2.17. The third kappa shape index (κ3) is 1.97. The number of methoxy groups -OCH3 is 1. The third-order valence-corrected chi connectivity index (χ3v) is 2.87. The van der Waals surface area contributed by atoms with E-state index in [0.717, 1.165) is 10.5 Å². The molecule has 15 heavy (non-hydrogen) atoms. The molecule has 2 rings (SSSR count). The van der Waals surface area contributed by atoms with Crippen molar-refractivity contribution in [1.82, 2.24) is 4.98 Å². The Morgan fingerprint density at radius 3 is 3.13 bits per heavy atom. The zero-order chi connectivity index (χ0) is 10.8. The quantitative estimate of drug-likeness (QED) is 0.736. The minimum atomic E-state index is -0.379. The molecular formula is C10H10N2O2S. The van der Waals surface area contributed by atoms with Gasteiger partial charge in [-0.2, -0.15) is 0 Å². The summed E-state index contributed by atoms with van der Waals surface area (Å²) in [5, 5.41) is 4.66. The Bertz CT molecular complexity index is 443. The number of pyridine rings is 1. The molecule has 1 aromatic heterocycles. The van der Waals surface area contributed by atoms with E-state index in [0.29, 0.717) is 11.5 Å². The third-order valence-electron chi connectivity index (χ3n) is 1.95. The lowest BCUT2D eigenvalue weighted by Gasteiger charge is -2.16. The Kier molecular flexibility index (Phi) is 2.64. The van der Waals surface area contributed by atoms with Gasteiger partial charge in [-0.15, -0.1) is 0 Å². The maximum Gasteiger partial charge on any atom is 0.355 e. The molecule has 0 unspecified atom stereocenters. The largest absolute Gasteiger partial charge is 0.464 e. The Morgan fingerprint density at radius 2 is 2.40 bits per heavy atom. The minimum absolute atomic E-state index is 0.379. The minimum Gasteiger partial charge on any atom is -0.464 e. The van der Waals surface area contributed by atoms with E-state index >= 15 is 0 Å². The molecule has 2 heterocycles. The number of carbonyl (C=O) groups is 1. The van der Waals surface area contributed by atoms with Crippen LogP contribution in [0.5, 0.6) is 0 Å². The first-order valence-corrected chi connectivity index (χ1v) is 5.27. The predicted octanol–water partition coefficient (Wildman–Crippen LogP) is 1.92. The predicted molar refractivity (Wildman–Crippen MR) is 58.6 cm³/mol. The Hall–Kier alpha value is -1.49. The second kappa shape index (κ2) is 3.94. The van der Waals surface area contributed by atoms with Crippen LogP contribution in [0.25, 0.3) is 0 Å². The maximum absolute atomic E-state index is 11.2. The molecule has 1 aromatic rings. The van der Waals surface area contributed by atoms with Crippen molar-refractivity contribution in [2.24, 2.45) is 0 Å². The first kappa shape index (κ1) is 10.0. The van der Waals surface area contributed by atoms with Gasteiger partial charge in [0, 0.05) is 11.6 Å². The fourth-order valence-electron chi connectivity index (χ4n) is 1.21. The van der Waals surface area contributed by atoms with Gasteiger partial charge in [-0.3, -0.25) is 0 Å². The van der Waals surface area contributed by atoms with Crippen LogP contribution in [-0.2, 0) is 9.53 Å². The first-order chi connectivity index (χ1) is 7.20. The number of esters is 1. The van der Waals surface area contributed by atoms with Gasteiger partial charge in [0.25, 0.3) is 0 Å². The zero-order valence-electron chi connectivity index (χ0n) is 8.40. The van der Waals surface area contributed by atoms with E-state index < -0.39 is 0 Å². The SMILES string of the molecule is COC(=O)C1=CSc2cc(C)cnc2N1. The number of hydrogen-bond donors (Lipinski definition) is 1. The maximum atomic E-state index is 11.2. The number of thioether (sulfide) groups is 1. The Labute approximate surface area is 91.7 Å². The van der Waals surface area contributed by atoms with Crippen LogP contribution in [0.15, 0.2) is 28.3 Å². The molecule has 0 spiro atoms. The number of hydrogen-bond acceptors (Lipinski definition) is 5. The van der Waals surface area contributed by atoms with Gasteiger partial charge in [-0.1, -0.05) is 11.8 Å². The second-order valence-electron chi connectivity index (χ2n) is 3.13. The van der Waals surface area contributed by atoms with E-state index in [1.165, 1.54) is 18.9 Å². The van der Waals surface area contributed by atoms with Crippen molar-refractivity contribution in [3.05, 3.63) is 28.9 Å². The van der Waals surface area contributed by atoms with Gasteiger partial charge < -0.3 is 10.1 Å². The number of nitrogens with zero attached hydrogens (tertiary/aromatic N) is 1. The van der Waals surface area contributed by atoms with E-state index in [1.54, 1.807) is 11.6 Å². The van der Waals surface area contributed by atoms with Crippen molar-refractivity contribution in [3.8, 4) is 0 Å². The smallest absolute Gasteiger partial charge is 0.355 e. The standard InChI is InChI=1S/C10H10N2O2S/c1-6-3-8-9(11-4-6)12-7(5-15-8)10(13)14-2/h3-5H,1-2H3,(H,11,12). The second-order valence-corrected chi connectivity index (χ2v) is 4.04. The average Bonchev–Trinajstić information content (AvgIpc) is 2.27. The summed E-state index contributed by atoms with van der Waals surface area (Å²) in [5.41, 5.74) is 1.52. The molecule has 0 aromatic carbocycles. The van der Waals surface area contributed by atoms with Gasteiger partial charge in [-0.25, -0.2) is 9.78 Å². The molecule has 0 radical (unpaired) electrons. The van der Waals surface area contributed by atoms with Crippen molar-refractivity contribution in [1.29, 1.82) is 0 Å². The molecule has 0 atom stereocenters. The lowest BCUT2D eigenvalue weighted by Crippen LogP contribution is -2.15. The molecule has 1 aliphatic heterocycles. The van der Waals surface area contributed by atoms with Crippen LogP contribution in [0.1, 0.15) is 5.56 Å². The van der Waals surface area contributed by atoms with Crippen LogP contribution in [0.3, 0.4) is 0 Å². The van der Waals surface area contributed by atoms with Crippen LogP contribution in [0.4, 0.5) is 5.82 Å². The van der Waals surface area contributed by atoms with Crippen molar-refractivity contribution in [2.45, 2.75) is 11.8 Å². The summed E-state index contributed by atoms with van der Waals surface area (Å²) in [6.07, 6.45) is 1.76. The molecule has 0 saturated carbocycles. The molecule has 0 bridgehead atoms. The van der Waals surface area contributed by atoms with Gasteiger partial charge in [0.1, 0.15) is 11.5 Å². The molecule has 0 fully saturated rings. The summed E-state index contributed by atoms with van der Waals surface area (Å²) in [5.74, 6) is 0.323. The molecule has 5 heteroatoms. The van der Waals surface area contributed by atoms with Crippen molar-refractivity contribution >= 4 is 23.5 Å². The number of aryl methyl sites for hydroxylation is 1. The fourth-order valence-corrected chi connectivity index (χ4v) is 2.08. The summed E-state index contributed by atoms with van der Waals surface area (Å²) in [6, 6.07) is 2.02. The van der Waals surface area contributed by atoms with E-state index in [-0.39, 0.29) is 5.97 Å². The monoisotopic (exact) mass is 222 g/mol. The summed E-state index contributed by atoms with van der Waals surface area (Å²) in [4.78, 5) is 16.5. The highest BCUT2D eigenvalue weighted by atomic mass is 32.2. The number of ether oxygens (including phenoxy) is 1. The number of fused-ring (bicyclic) bond motifs is 1. The summed E-state index contributed by atoms with van der Waals surface area (Å²) < 4.78 is 4.62. The number of rotatable bonds is 1. The molecule has 0 aliphatic carbocycles. The van der Waals surface area contributed by atoms with Gasteiger partial charge in [0.2, 0.25) is 0 Å². The van der Waals surface area contributed by atoms with Crippen LogP contribution >= 0.6 is 11.8 Å². The number of aromatic nitrogens is 1. The van der Waals surface area contributed by atoms with Crippen molar-refractivity contribution < 1.29 is 9.53 Å². The zero-order valence-corrected chi connectivity index (χ0v) is 9.22. The molecule has 0 saturated heterocycles. The highest BCUT2D eigenvalue weighted by molar-refractivity contribution is 8.02. The van der Waals surface area contributed by atoms with Crippen LogP contribution in [-0.4, -0.2) is 18.1 Å². The molecular weight excluding hydrogens is 212 g/mol. The van der Waals surface area contributed by atoms with Gasteiger partial charge in [0.15, 0.2) is 0 Å². The van der Waals surface area contributed by atoms with Crippen LogP contribution in [0, 0.1) is 6.92 Å². The lowest BCUT2D eigenvalue weighted by atomic mass is 10.3. The number of nitrogens with one attached hydrogen (secondary N) is 1. The Morgan fingerprint density at radius 1 is 1.60 bits per heavy atom. The number of anilines is 1. The average molecular weight is 222 g/mol. The topological polar surface area (TPSA) is 51.2 Å². The fraction of sp³-hybridized carbons (Fsp3) is 0.200. The van der Waals surface area contributed by atoms with E-state index in [4.69, 9.17) is 0 Å². The van der Waals surface area contributed by atoms with E-state index in [9.17, 15) is 4.79 Å². The molecule has 0 amide bonds. The molecule has 1 aliphatic rings. The first-order valence-electron chi connectivity index (χ1n) is 4.39. The molecule has 4 nitrogen and oxygen atoms in total. The lowest BCUT2D eigenvalue weighted by molar-refractivity contribution is -0.135. The Balaban J connectivity index is 2.27. The van der Waals surface area contributed by atoms with Crippen molar-refractivity contribution in [3.63, 3.8) is 0 Å². The van der Waals surface area contributed by atoms with E-state index in [2.05, 4.69) is 15.0 Å². The highest BCUT2D eigenvalue weighted by Crippen LogP contribution is 2.33. The van der Waals surface area contributed by atoms with Gasteiger partial charge in [0.05, 0.1) is 12.0 Å². The molecule has 78 valence electrons. The van der Waals surface area contributed by atoms with Crippen LogP contribution in [0.2, 0.25) is 0 Å². The van der Waals surface area contributed by atoms with Crippen molar-refractivity contribution in [2.75, 3.05) is 12.4 Å².